The Kier molecular flexibility index (Phi) is 6.46. The zero-order valence-electron chi connectivity index (χ0n) is 21.4. The molecule has 2 aliphatic rings. The highest BCUT2D eigenvalue weighted by Crippen LogP contribution is 2.50. The number of hydrogen-bond acceptors (Lipinski definition) is 6. The van der Waals surface area contributed by atoms with Crippen LogP contribution in [0.5, 0.6) is 0 Å². The molecule has 1 amide bonds. The van der Waals surface area contributed by atoms with Crippen LogP contribution in [0, 0.1) is 18.8 Å². The van der Waals surface area contributed by atoms with Crippen molar-refractivity contribution in [3.63, 3.8) is 0 Å². The number of nitrogens with zero attached hydrogens (tertiary/aromatic N) is 2. The molecule has 3 aromatic carbocycles. The van der Waals surface area contributed by atoms with Crippen molar-refractivity contribution in [1.82, 2.24) is 4.37 Å². The van der Waals surface area contributed by atoms with Crippen LogP contribution in [0.25, 0.3) is 10.8 Å². The number of aliphatic imine (C=N–C) groups is 1. The van der Waals surface area contributed by atoms with Crippen molar-refractivity contribution in [3.05, 3.63) is 92.9 Å². The maximum atomic E-state index is 12.7. The Morgan fingerprint density at radius 1 is 1.08 bits per heavy atom. The van der Waals surface area contributed by atoms with Crippen molar-refractivity contribution in [3.8, 4) is 11.8 Å². The smallest absolute Gasteiger partial charge is 0.412 e. The highest BCUT2D eigenvalue weighted by molar-refractivity contribution is 7.07. The molecule has 2 heterocycles. The molecule has 1 atom stereocenters. The van der Waals surface area contributed by atoms with E-state index in [1.807, 2.05) is 43.3 Å². The minimum atomic E-state index is -0.601. The number of aryl methyl sites for hydroxylation is 1. The average Bonchev–Trinajstić information content (AvgIpc) is 3.86. The Morgan fingerprint density at radius 2 is 1.82 bits per heavy atom. The van der Waals surface area contributed by atoms with E-state index in [1.54, 1.807) is 13.0 Å². The van der Waals surface area contributed by atoms with Gasteiger partial charge < -0.3 is 4.74 Å². The van der Waals surface area contributed by atoms with Gasteiger partial charge in [0, 0.05) is 16.1 Å². The summed E-state index contributed by atoms with van der Waals surface area (Å²) in [4.78, 5) is 30.1. The van der Waals surface area contributed by atoms with Crippen LogP contribution in [-0.4, -0.2) is 28.5 Å². The molecule has 1 aliphatic carbocycles. The number of amides is 1. The van der Waals surface area contributed by atoms with Crippen molar-refractivity contribution in [1.29, 1.82) is 0 Å². The van der Waals surface area contributed by atoms with Gasteiger partial charge in [-0.1, -0.05) is 60.0 Å². The predicted octanol–water partition coefficient (Wildman–Crippen LogP) is 7.02. The van der Waals surface area contributed by atoms with Crippen LogP contribution >= 0.6 is 23.1 Å². The Labute approximate surface area is 235 Å². The summed E-state index contributed by atoms with van der Waals surface area (Å²) in [6.07, 6.45) is 0.651. The second-order valence-corrected chi connectivity index (χ2v) is 11.0. The minimum absolute atomic E-state index is 0.191. The molecule has 1 N–H and O–H groups in total. The summed E-state index contributed by atoms with van der Waals surface area (Å²) in [6, 6.07) is 19.5. The summed E-state index contributed by atoms with van der Waals surface area (Å²) in [5, 5.41) is 5.46. The van der Waals surface area contributed by atoms with Gasteiger partial charge in [-0.25, -0.2) is 4.79 Å². The van der Waals surface area contributed by atoms with Gasteiger partial charge in [0.1, 0.15) is 16.7 Å². The average molecular weight is 554 g/mol. The number of carbonyl (C=O) groups is 2. The van der Waals surface area contributed by atoms with E-state index in [1.165, 1.54) is 11.5 Å². The number of fused-ring (bicyclic) bond motifs is 1. The fourth-order valence-electron chi connectivity index (χ4n) is 4.74. The van der Waals surface area contributed by atoms with Gasteiger partial charge >= 0.3 is 6.09 Å². The number of rotatable bonds is 6. The lowest BCUT2D eigenvalue weighted by atomic mass is 9.88. The molecule has 6 nitrogen and oxygen atoms in total. The lowest BCUT2D eigenvalue weighted by molar-refractivity contribution is -0.115. The monoisotopic (exact) mass is 553 g/mol. The first kappa shape index (κ1) is 25.3. The Bertz CT molecular complexity index is 1740. The molecule has 0 saturated heterocycles. The number of carbonyl (C=O) groups excluding carboxylic acids is 2. The van der Waals surface area contributed by atoms with E-state index in [-0.39, 0.29) is 11.2 Å². The second kappa shape index (κ2) is 9.96. The molecule has 1 aromatic heterocycles. The lowest BCUT2D eigenvalue weighted by Gasteiger charge is -2.15. The van der Waals surface area contributed by atoms with Crippen LogP contribution in [-0.2, 0) is 14.9 Å². The SMILES string of the molecule is Cc1nsc(C#Cc2ccc3cc(C4(C(=O)C5=NC5)CC4)ccc3c2)c1NC(=O)OC(C)c1ccccc1Cl. The highest BCUT2D eigenvalue weighted by Gasteiger charge is 2.53. The minimum Gasteiger partial charge on any atom is -0.441 e. The van der Waals surface area contributed by atoms with Gasteiger partial charge in [0.05, 0.1) is 23.3 Å². The van der Waals surface area contributed by atoms with Gasteiger partial charge in [0.15, 0.2) is 5.78 Å². The number of ether oxygens (including phenoxy) is 1. The molecule has 1 aliphatic heterocycles. The van der Waals surface area contributed by atoms with Gasteiger partial charge in [0.25, 0.3) is 0 Å². The van der Waals surface area contributed by atoms with Crippen LogP contribution in [0.3, 0.4) is 0 Å². The predicted molar refractivity (Wildman–Crippen MR) is 155 cm³/mol. The first-order valence-electron chi connectivity index (χ1n) is 12.7. The van der Waals surface area contributed by atoms with E-state index >= 15 is 0 Å². The molecule has 0 spiro atoms. The van der Waals surface area contributed by atoms with E-state index in [0.717, 1.165) is 46.0 Å². The number of hydrogen-bond donors (Lipinski definition) is 1. The third-order valence-corrected chi connectivity index (χ3v) is 8.39. The largest absolute Gasteiger partial charge is 0.441 e. The summed E-state index contributed by atoms with van der Waals surface area (Å²) in [5.74, 6) is 6.54. The molecule has 8 heteroatoms. The number of Topliss-reactive ketones (excluding diaryl/α,β-unsaturated/α-hetero) is 1. The van der Waals surface area contributed by atoms with Gasteiger partial charge in [0.2, 0.25) is 0 Å². The van der Waals surface area contributed by atoms with Gasteiger partial charge in [-0.3, -0.25) is 15.1 Å². The number of benzene rings is 3. The zero-order valence-corrected chi connectivity index (χ0v) is 22.9. The number of ketones is 1. The van der Waals surface area contributed by atoms with Crippen LogP contribution in [0.1, 0.15) is 53.1 Å². The topological polar surface area (TPSA) is 80.7 Å². The lowest BCUT2D eigenvalue weighted by Crippen LogP contribution is -2.24. The Balaban J connectivity index is 1.18. The Hall–Kier alpha value is -3.99. The fraction of sp³-hybridized carbons (Fsp3) is 0.226. The maximum Gasteiger partial charge on any atom is 0.412 e. The summed E-state index contributed by atoms with van der Waals surface area (Å²) >= 11 is 7.46. The third-order valence-electron chi connectivity index (χ3n) is 7.19. The van der Waals surface area contributed by atoms with Crippen molar-refractivity contribution < 1.29 is 14.3 Å². The van der Waals surface area contributed by atoms with Crippen molar-refractivity contribution in [2.75, 3.05) is 11.9 Å². The van der Waals surface area contributed by atoms with E-state index in [0.29, 0.717) is 27.8 Å². The molecular weight excluding hydrogens is 530 g/mol. The Morgan fingerprint density at radius 3 is 2.56 bits per heavy atom. The molecule has 1 fully saturated rings. The van der Waals surface area contributed by atoms with E-state index in [2.05, 4.69) is 44.7 Å². The molecule has 0 radical (unpaired) electrons. The molecule has 194 valence electrons. The van der Waals surface area contributed by atoms with E-state index < -0.39 is 12.2 Å². The first-order chi connectivity index (χ1) is 18.8. The molecule has 1 unspecified atom stereocenters. The number of anilines is 1. The van der Waals surface area contributed by atoms with E-state index in [9.17, 15) is 9.59 Å². The van der Waals surface area contributed by atoms with Crippen LogP contribution in [0.2, 0.25) is 5.02 Å². The van der Waals surface area contributed by atoms with Crippen LogP contribution in [0.4, 0.5) is 10.5 Å². The quantitative estimate of drug-likeness (QED) is 0.260. The standard InChI is InChI=1S/C31H24ClN3O3S/c1-18-28(34-30(37)38-19(2)24-5-3-4-6-25(24)32)27(39-35-18)12-8-20-7-9-22-16-23(11-10-21(22)15-20)31(13-14-31)29(36)26-17-33-26/h3-7,9-11,15-16,19H,13-14,17H2,1-2H3,(H,34,37). The summed E-state index contributed by atoms with van der Waals surface area (Å²) in [7, 11) is 0. The molecule has 0 bridgehead atoms. The summed E-state index contributed by atoms with van der Waals surface area (Å²) < 4.78 is 9.91. The highest BCUT2D eigenvalue weighted by atomic mass is 35.5. The molecular formula is C31H24ClN3O3S. The number of halogens is 1. The second-order valence-electron chi connectivity index (χ2n) is 9.87. The molecule has 39 heavy (non-hydrogen) atoms. The first-order valence-corrected chi connectivity index (χ1v) is 13.8. The maximum absolute atomic E-state index is 12.7. The van der Waals surface area contributed by atoms with E-state index in [4.69, 9.17) is 16.3 Å². The number of aromatic nitrogens is 1. The zero-order chi connectivity index (χ0) is 27.1. The van der Waals surface area contributed by atoms with Crippen molar-refractivity contribution in [2.45, 2.75) is 38.2 Å². The number of nitrogens with one attached hydrogen (secondary N) is 1. The van der Waals surface area contributed by atoms with Gasteiger partial charge in [-0.05, 0) is 78.7 Å². The van der Waals surface area contributed by atoms with Crippen molar-refractivity contribution >= 4 is 57.2 Å². The normalized spacial score (nSPS) is 15.5. The molecule has 4 aromatic rings. The molecule has 6 rings (SSSR count). The van der Waals surface area contributed by atoms with Crippen molar-refractivity contribution in [2.24, 2.45) is 4.99 Å². The van der Waals surface area contributed by atoms with Gasteiger partial charge in [-0.2, -0.15) is 4.37 Å². The van der Waals surface area contributed by atoms with Gasteiger partial charge in [-0.15, -0.1) is 0 Å². The van der Waals surface area contributed by atoms with Crippen LogP contribution in [0.15, 0.2) is 65.7 Å². The summed E-state index contributed by atoms with van der Waals surface area (Å²) in [6.45, 7) is 4.18. The molecule has 1 saturated carbocycles. The summed E-state index contributed by atoms with van der Waals surface area (Å²) in [5.41, 5.74) is 4.20. The fourth-order valence-corrected chi connectivity index (χ4v) is 5.74. The van der Waals surface area contributed by atoms with Crippen LogP contribution < -0.4 is 5.32 Å². The third kappa shape index (κ3) is 5.06.